The van der Waals surface area contributed by atoms with Crippen LogP contribution in [-0.4, -0.2) is 60.5 Å². The Bertz CT molecular complexity index is 417. The Labute approximate surface area is 125 Å². The third-order valence-electron chi connectivity index (χ3n) is 5.74. The lowest BCUT2D eigenvalue weighted by Crippen LogP contribution is -2.52. The van der Waals surface area contributed by atoms with E-state index >= 15 is 0 Å². The summed E-state index contributed by atoms with van der Waals surface area (Å²) in [4.78, 5) is 29.2. The maximum absolute atomic E-state index is 12.7. The Hall–Kier alpha value is -1.10. The van der Waals surface area contributed by atoms with Crippen LogP contribution in [0.5, 0.6) is 0 Å². The fourth-order valence-corrected chi connectivity index (χ4v) is 4.43. The van der Waals surface area contributed by atoms with Crippen LogP contribution in [0, 0.1) is 17.8 Å². The molecule has 4 fully saturated rings. The monoisotopic (exact) mass is 292 g/mol. The maximum Gasteiger partial charge on any atom is 0.245 e. The van der Waals surface area contributed by atoms with Gasteiger partial charge in [0.15, 0.2) is 0 Å². The summed E-state index contributed by atoms with van der Waals surface area (Å²) in [5.41, 5.74) is 0. The Morgan fingerprint density at radius 1 is 0.905 bits per heavy atom. The molecule has 21 heavy (non-hydrogen) atoms. The zero-order chi connectivity index (χ0) is 14.4. The van der Waals surface area contributed by atoms with Gasteiger partial charge in [0, 0.05) is 25.6 Å². The van der Waals surface area contributed by atoms with Crippen LogP contribution >= 0.6 is 0 Å². The summed E-state index contributed by atoms with van der Waals surface area (Å²) in [6.07, 6.45) is 5.27. The number of hydrogen-bond donors (Lipinski definition) is 0. The van der Waals surface area contributed by atoms with Crippen molar-refractivity contribution in [1.29, 1.82) is 0 Å². The zero-order valence-electron chi connectivity index (χ0n) is 12.5. The fraction of sp³-hybridized carbons (Fsp3) is 0.875. The summed E-state index contributed by atoms with van der Waals surface area (Å²) in [5.74, 6) is 2.23. The van der Waals surface area contributed by atoms with Gasteiger partial charge in [-0.3, -0.25) is 9.59 Å². The summed E-state index contributed by atoms with van der Waals surface area (Å²) in [7, 11) is 0. The zero-order valence-corrected chi connectivity index (χ0v) is 12.5. The van der Waals surface area contributed by atoms with Crippen molar-refractivity contribution in [3.63, 3.8) is 0 Å². The van der Waals surface area contributed by atoms with Gasteiger partial charge in [0.1, 0.15) is 6.04 Å². The van der Waals surface area contributed by atoms with E-state index < -0.39 is 0 Å². The molecule has 2 saturated carbocycles. The van der Waals surface area contributed by atoms with Crippen LogP contribution in [0.15, 0.2) is 0 Å². The fourth-order valence-electron chi connectivity index (χ4n) is 4.43. The molecule has 2 amide bonds. The third-order valence-corrected chi connectivity index (χ3v) is 5.74. The molecule has 5 nitrogen and oxygen atoms in total. The van der Waals surface area contributed by atoms with Crippen LogP contribution in [0.25, 0.3) is 0 Å². The number of carbonyl (C=O) groups is 2. The highest BCUT2D eigenvalue weighted by atomic mass is 16.5. The Morgan fingerprint density at radius 3 is 2.33 bits per heavy atom. The van der Waals surface area contributed by atoms with Gasteiger partial charge in [-0.1, -0.05) is 0 Å². The van der Waals surface area contributed by atoms with E-state index in [1.807, 2.05) is 9.80 Å². The van der Waals surface area contributed by atoms with E-state index in [-0.39, 0.29) is 23.8 Å². The predicted octanol–water partition coefficient (Wildman–Crippen LogP) is 0.882. The first-order valence-corrected chi connectivity index (χ1v) is 8.41. The van der Waals surface area contributed by atoms with Gasteiger partial charge in [0.05, 0.1) is 13.2 Å². The van der Waals surface area contributed by atoms with Gasteiger partial charge in [-0.25, -0.2) is 0 Å². The van der Waals surface area contributed by atoms with Crippen molar-refractivity contribution in [1.82, 2.24) is 9.80 Å². The van der Waals surface area contributed by atoms with Gasteiger partial charge < -0.3 is 14.5 Å². The molecule has 4 aliphatic rings. The van der Waals surface area contributed by atoms with Crippen LogP contribution in [0.3, 0.4) is 0 Å². The molecule has 3 unspecified atom stereocenters. The van der Waals surface area contributed by atoms with E-state index in [0.717, 1.165) is 44.1 Å². The van der Waals surface area contributed by atoms with Crippen LogP contribution < -0.4 is 0 Å². The first-order valence-electron chi connectivity index (χ1n) is 8.41. The topological polar surface area (TPSA) is 49.9 Å². The minimum atomic E-state index is -0.201. The minimum Gasteiger partial charge on any atom is -0.378 e. The number of likely N-dealkylation sites (tertiary alicyclic amines) is 1. The van der Waals surface area contributed by atoms with Crippen molar-refractivity contribution in [2.45, 2.75) is 38.1 Å². The first kappa shape index (κ1) is 13.6. The number of morpholine rings is 1. The average molecular weight is 292 g/mol. The van der Waals surface area contributed by atoms with Crippen LogP contribution in [0.4, 0.5) is 0 Å². The largest absolute Gasteiger partial charge is 0.378 e. The Morgan fingerprint density at radius 2 is 1.62 bits per heavy atom. The van der Waals surface area contributed by atoms with Crippen LogP contribution in [0.2, 0.25) is 0 Å². The standard InChI is InChI=1S/C16H24N2O3/c19-15(13-9-11-8-12(11)10-13)18-3-1-2-14(18)16(20)17-4-6-21-7-5-17/h11-14H,1-10H2. The van der Waals surface area contributed by atoms with Gasteiger partial charge in [-0.15, -0.1) is 0 Å². The molecule has 2 aliphatic heterocycles. The molecule has 0 N–H and O–H groups in total. The summed E-state index contributed by atoms with van der Waals surface area (Å²) >= 11 is 0. The Kier molecular flexibility index (Phi) is 3.40. The molecule has 4 rings (SSSR count). The Balaban J connectivity index is 1.41. The lowest BCUT2D eigenvalue weighted by Gasteiger charge is -2.33. The molecule has 0 aromatic carbocycles. The van der Waals surface area contributed by atoms with Crippen molar-refractivity contribution < 1.29 is 14.3 Å². The number of carbonyl (C=O) groups excluding carboxylic acids is 2. The van der Waals surface area contributed by atoms with Crippen LogP contribution in [0.1, 0.15) is 32.1 Å². The number of hydrogen-bond acceptors (Lipinski definition) is 3. The summed E-state index contributed by atoms with van der Waals surface area (Å²) in [6, 6.07) is -0.201. The minimum absolute atomic E-state index is 0.146. The number of ether oxygens (including phenoxy) is 1. The smallest absolute Gasteiger partial charge is 0.245 e. The number of nitrogens with zero attached hydrogens (tertiary/aromatic N) is 2. The number of fused-ring (bicyclic) bond motifs is 1. The molecular formula is C16H24N2O3. The van der Waals surface area contributed by atoms with Gasteiger partial charge in [0.2, 0.25) is 11.8 Å². The second-order valence-corrected chi connectivity index (χ2v) is 7.05. The van der Waals surface area contributed by atoms with Gasteiger partial charge in [-0.05, 0) is 43.9 Å². The summed E-state index contributed by atoms with van der Waals surface area (Å²) < 4.78 is 5.31. The highest BCUT2D eigenvalue weighted by molar-refractivity contribution is 5.89. The third kappa shape index (κ3) is 2.45. The molecule has 2 saturated heterocycles. The van der Waals surface area contributed by atoms with E-state index in [2.05, 4.69) is 0 Å². The quantitative estimate of drug-likeness (QED) is 0.759. The molecular weight excluding hydrogens is 268 g/mol. The van der Waals surface area contributed by atoms with Crippen molar-refractivity contribution in [2.24, 2.45) is 17.8 Å². The number of amides is 2. The highest BCUT2D eigenvalue weighted by Gasteiger charge is 2.50. The first-order chi connectivity index (χ1) is 10.2. The molecule has 0 bridgehead atoms. The van der Waals surface area contributed by atoms with Crippen LogP contribution in [-0.2, 0) is 14.3 Å². The van der Waals surface area contributed by atoms with E-state index in [1.165, 1.54) is 6.42 Å². The summed E-state index contributed by atoms with van der Waals surface area (Å²) in [6.45, 7) is 3.36. The van der Waals surface area contributed by atoms with Crippen molar-refractivity contribution in [2.75, 3.05) is 32.8 Å². The highest BCUT2D eigenvalue weighted by Crippen LogP contribution is 2.54. The van der Waals surface area contributed by atoms with E-state index in [4.69, 9.17) is 4.74 Å². The SMILES string of the molecule is O=C(C1CCCN1C(=O)C1CC2CC2C1)N1CCOCC1. The van der Waals surface area contributed by atoms with E-state index in [0.29, 0.717) is 26.3 Å². The second kappa shape index (κ2) is 5.27. The average Bonchev–Trinajstić information content (AvgIpc) is 2.95. The van der Waals surface area contributed by atoms with Crippen molar-refractivity contribution in [3.8, 4) is 0 Å². The molecule has 0 spiro atoms. The lowest BCUT2D eigenvalue weighted by atomic mass is 10.0. The van der Waals surface area contributed by atoms with E-state index in [1.54, 1.807) is 0 Å². The molecule has 2 heterocycles. The van der Waals surface area contributed by atoms with Crippen molar-refractivity contribution >= 4 is 11.8 Å². The molecule has 5 heteroatoms. The van der Waals surface area contributed by atoms with Gasteiger partial charge >= 0.3 is 0 Å². The van der Waals surface area contributed by atoms with Crippen molar-refractivity contribution in [3.05, 3.63) is 0 Å². The maximum atomic E-state index is 12.7. The lowest BCUT2D eigenvalue weighted by molar-refractivity contribution is -0.148. The molecule has 0 aromatic heterocycles. The second-order valence-electron chi connectivity index (χ2n) is 7.05. The molecule has 3 atom stereocenters. The van der Waals surface area contributed by atoms with E-state index in [9.17, 15) is 9.59 Å². The predicted molar refractivity (Wildman–Crippen MR) is 76.5 cm³/mol. The molecule has 116 valence electrons. The molecule has 0 aromatic rings. The molecule has 2 aliphatic carbocycles. The number of rotatable bonds is 2. The molecule has 0 radical (unpaired) electrons. The van der Waals surface area contributed by atoms with Gasteiger partial charge in [-0.2, -0.15) is 0 Å². The summed E-state index contributed by atoms with van der Waals surface area (Å²) in [5, 5.41) is 0. The normalized spacial score (nSPS) is 38.5. The van der Waals surface area contributed by atoms with Gasteiger partial charge in [0.25, 0.3) is 0 Å².